The number of hydrogen-bond donors (Lipinski definition) is 1. The van der Waals surface area contributed by atoms with Crippen molar-refractivity contribution in [3.05, 3.63) is 52.1 Å². The molecule has 6 heteroatoms. The molecule has 0 radical (unpaired) electrons. The third-order valence-electron chi connectivity index (χ3n) is 3.14. The van der Waals surface area contributed by atoms with Crippen molar-refractivity contribution in [1.29, 1.82) is 0 Å². The van der Waals surface area contributed by atoms with Gasteiger partial charge in [-0.15, -0.1) is 0 Å². The number of ketones is 1. The fourth-order valence-electron chi connectivity index (χ4n) is 1.90. The van der Waals surface area contributed by atoms with Crippen LogP contribution in [0.15, 0.2) is 48.6 Å². The van der Waals surface area contributed by atoms with Gasteiger partial charge in [0.25, 0.3) is 5.91 Å². The van der Waals surface area contributed by atoms with Gasteiger partial charge in [0.05, 0.1) is 5.69 Å². The fraction of sp³-hybridized carbons (Fsp3) is 0.250. The lowest BCUT2D eigenvalue weighted by atomic mass is 10.1. The molecule has 0 heterocycles. The van der Waals surface area contributed by atoms with Gasteiger partial charge in [0.2, 0.25) is 5.79 Å². The van der Waals surface area contributed by atoms with Gasteiger partial charge in [-0.1, -0.05) is 12.1 Å². The summed E-state index contributed by atoms with van der Waals surface area (Å²) >= 11 is 2.14. The van der Waals surface area contributed by atoms with Crippen molar-refractivity contribution in [2.45, 2.75) is 18.8 Å². The van der Waals surface area contributed by atoms with E-state index in [0.29, 0.717) is 0 Å². The highest BCUT2D eigenvalue weighted by molar-refractivity contribution is 14.1. The van der Waals surface area contributed by atoms with Crippen LogP contribution in [0.4, 0.5) is 5.69 Å². The average Bonchev–Trinajstić information content (AvgIpc) is 2.52. The number of carbonyl (C=O) groups is 2. The molecule has 1 N–H and O–H groups in total. The van der Waals surface area contributed by atoms with Crippen molar-refractivity contribution in [3.63, 3.8) is 0 Å². The Morgan fingerprint density at radius 2 is 1.91 bits per heavy atom. The molecule has 1 atom stereocenters. The van der Waals surface area contributed by atoms with Crippen LogP contribution in [0.1, 0.15) is 6.92 Å². The van der Waals surface area contributed by atoms with Gasteiger partial charge in [0.15, 0.2) is 5.78 Å². The van der Waals surface area contributed by atoms with Gasteiger partial charge >= 0.3 is 0 Å². The number of carbonyl (C=O) groups excluding carboxylic acids is 2. The van der Waals surface area contributed by atoms with Gasteiger partial charge < -0.3 is 14.8 Å². The van der Waals surface area contributed by atoms with Gasteiger partial charge in [0, 0.05) is 10.7 Å². The van der Waals surface area contributed by atoms with E-state index in [1.807, 2.05) is 24.3 Å². The maximum absolute atomic E-state index is 12.3. The summed E-state index contributed by atoms with van der Waals surface area (Å²) in [5.41, 5.74) is 0.722. The van der Waals surface area contributed by atoms with E-state index in [0.717, 1.165) is 9.26 Å². The summed E-state index contributed by atoms with van der Waals surface area (Å²) in [5, 5.41) is 2.81. The molecular formula is C16H16INO4. The highest BCUT2D eigenvalue weighted by Gasteiger charge is 2.32. The second kappa shape index (κ2) is 7.17. The Labute approximate surface area is 142 Å². The molecule has 1 aliphatic rings. The fourth-order valence-corrected chi connectivity index (χ4v) is 2.42. The number of halogens is 1. The Bertz CT molecular complexity index is 623. The van der Waals surface area contributed by atoms with Crippen LogP contribution >= 0.6 is 22.6 Å². The van der Waals surface area contributed by atoms with Crippen LogP contribution in [0.5, 0.6) is 0 Å². The normalized spacial score (nSPS) is 17.3. The van der Waals surface area contributed by atoms with Crippen molar-refractivity contribution in [1.82, 2.24) is 0 Å². The molecule has 1 aromatic rings. The molecule has 1 aromatic carbocycles. The standard InChI is InChI=1S/C16H16INO4/c1-11(15(20)18-14-6-4-3-5-13(14)17)22-16(21-2)9-7-12(19)8-10-16/h3-11H,1-2H3,(H,18,20)/t11-/m1/s1. The zero-order chi connectivity index (χ0) is 16.2. The molecule has 2 rings (SSSR count). The predicted molar refractivity (Wildman–Crippen MR) is 91.4 cm³/mol. The highest BCUT2D eigenvalue weighted by atomic mass is 127. The highest BCUT2D eigenvalue weighted by Crippen LogP contribution is 2.23. The maximum Gasteiger partial charge on any atom is 0.253 e. The summed E-state index contributed by atoms with van der Waals surface area (Å²) in [5.74, 6) is -1.64. The number of amides is 1. The first kappa shape index (κ1) is 16.9. The Morgan fingerprint density at radius 1 is 1.27 bits per heavy atom. The molecule has 116 valence electrons. The van der Waals surface area contributed by atoms with E-state index in [4.69, 9.17) is 9.47 Å². The van der Waals surface area contributed by atoms with Crippen LogP contribution in [-0.4, -0.2) is 30.7 Å². The first-order valence-electron chi connectivity index (χ1n) is 6.66. The molecular weight excluding hydrogens is 397 g/mol. The first-order valence-corrected chi connectivity index (χ1v) is 7.74. The van der Waals surface area contributed by atoms with Gasteiger partial charge in [-0.05, 0) is 66.0 Å². The van der Waals surface area contributed by atoms with Gasteiger partial charge in [-0.2, -0.15) is 0 Å². The minimum absolute atomic E-state index is 0.146. The number of nitrogens with one attached hydrogen (secondary N) is 1. The molecule has 0 spiro atoms. The van der Waals surface area contributed by atoms with Crippen molar-refractivity contribution < 1.29 is 19.1 Å². The number of para-hydroxylation sites is 1. The van der Waals surface area contributed by atoms with Crippen LogP contribution in [0, 0.1) is 3.57 Å². The molecule has 0 aromatic heterocycles. The molecule has 22 heavy (non-hydrogen) atoms. The number of anilines is 1. The average molecular weight is 413 g/mol. The predicted octanol–water partition coefficient (Wildman–Crippen LogP) is 2.67. The molecule has 5 nitrogen and oxygen atoms in total. The minimum Gasteiger partial charge on any atom is -0.346 e. The Kier molecular flexibility index (Phi) is 5.49. The van der Waals surface area contributed by atoms with E-state index in [-0.39, 0.29) is 11.7 Å². The van der Waals surface area contributed by atoms with E-state index in [1.54, 1.807) is 6.92 Å². The Hall–Kier alpha value is -1.51. The lowest BCUT2D eigenvalue weighted by Crippen LogP contribution is -2.40. The first-order chi connectivity index (χ1) is 10.5. The van der Waals surface area contributed by atoms with Crippen LogP contribution < -0.4 is 5.32 Å². The number of ether oxygens (including phenoxy) is 2. The maximum atomic E-state index is 12.3. The number of rotatable bonds is 5. The quantitative estimate of drug-likeness (QED) is 0.596. The lowest BCUT2D eigenvalue weighted by molar-refractivity contribution is -0.183. The number of allylic oxidation sites excluding steroid dienone is 2. The Balaban J connectivity index is 2.05. The largest absolute Gasteiger partial charge is 0.346 e. The molecule has 0 unspecified atom stereocenters. The summed E-state index contributed by atoms with van der Waals surface area (Å²) in [6.45, 7) is 1.63. The van der Waals surface area contributed by atoms with Crippen molar-refractivity contribution in [2.75, 3.05) is 12.4 Å². The summed E-state index contributed by atoms with van der Waals surface area (Å²) < 4.78 is 11.9. The lowest BCUT2D eigenvalue weighted by Gasteiger charge is -2.30. The van der Waals surface area contributed by atoms with Crippen LogP contribution in [-0.2, 0) is 19.1 Å². The van der Waals surface area contributed by atoms with Crippen LogP contribution in [0.25, 0.3) is 0 Å². The van der Waals surface area contributed by atoms with Crippen LogP contribution in [0.2, 0.25) is 0 Å². The van der Waals surface area contributed by atoms with Crippen molar-refractivity contribution in [2.24, 2.45) is 0 Å². The van der Waals surface area contributed by atoms with E-state index < -0.39 is 11.9 Å². The molecule has 1 amide bonds. The third-order valence-corrected chi connectivity index (χ3v) is 4.08. The molecule has 0 bridgehead atoms. The van der Waals surface area contributed by atoms with Gasteiger partial charge in [-0.3, -0.25) is 9.59 Å². The zero-order valence-corrected chi connectivity index (χ0v) is 14.4. The molecule has 1 aliphatic carbocycles. The van der Waals surface area contributed by atoms with Gasteiger partial charge in [0.1, 0.15) is 6.10 Å². The summed E-state index contributed by atoms with van der Waals surface area (Å²) in [4.78, 5) is 23.5. The summed E-state index contributed by atoms with van der Waals surface area (Å²) in [7, 11) is 1.45. The number of methoxy groups -OCH3 is 1. The van der Waals surface area contributed by atoms with E-state index in [2.05, 4.69) is 27.9 Å². The monoisotopic (exact) mass is 413 g/mol. The third kappa shape index (κ3) is 4.02. The summed E-state index contributed by atoms with van der Waals surface area (Å²) in [6, 6.07) is 7.46. The van der Waals surface area contributed by atoms with E-state index in [1.165, 1.54) is 31.4 Å². The van der Waals surface area contributed by atoms with Crippen molar-refractivity contribution in [3.8, 4) is 0 Å². The van der Waals surface area contributed by atoms with E-state index >= 15 is 0 Å². The minimum atomic E-state index is -1.20. The number of benzene rings is 1. The topological polar surface area (TPSA) is 64.6 Å². The molecule has 0 saturated carbocycles. The smallest absolute Gasteiger partial charge is 0.253 e. The second-order valence-corrected chi connectivity index (χ2v) is 5.89. The SMILES string of the molecule is COC1(O[C@H](C)C(=O)Nc2ccccc2I)C=CC(=O)C=C1. The number of hydrogen-bond acceptors (Lipinski definition) is 4. The molecule has 0 saturated heterocycles. The zero-order valence-electron chi connectivity index (χ0n) is 12.2. The molecule has 0 aliphatic heterocycles. The van der Waals surface area contributed by atoms with Crippen molar-refractivity contribution >= 4 is 40.0 Å². The van der Waals surface area contributed by atoms with E-state index in [9.17, 15) is 9.59 Å². The second-order valence-electron chi connectivity index (χ2n) is 4.72. The Morgan fingerprint density at radius 3 is 2.50 bits per heavy atom. The summed E-state index contributed by atoms with van der Waals surface area (Å²) in [6.07, 6.45) is 4.93. The van der Waals surface area contributed by atoms with Crippen LogP contribution in [0.3, 0.4) is 0 Å². The van der Waals surface area contributed by atoms with Gasteiger partial charge in [-0.25, -0.2) is 0 Å². The molecule has 0 fully saturated rings.